The molecule has 0 aliphatic carbocycles. The first-order valence-corrected chi connectivity index (χ1v) is 12.8. The number of carbonyl (C=O) groups is 1. The molecule has 0 spiro atoms. The Labute approximate surface area is 217 Å². The smallest absolute Gasteiger partial charge is 0.247 e. The van der Waals surface area contributed by atoms with E-state index in [1.54, 1.807) is 0 Å². The molecule has 1 aliphatic heterocycles. The van der Waals surface area contributed by atoms with E-state index in [2.05, 4.69) is 63.2 Å². The fraction of sp³-hybridized carbons (Fsp3) is 0.233. The van der Waals surface area contributed by atoms with E-state index in [-0.39, 0.29) is 5.91 Å². The zero-order chi connectivity index (χ0) is 25.6. The first-order valence-electron chi connectivity index (χ1n) is 12.8. The average Bonchev–Trinajstić information content (AvgIpc) is 2.94. The Morgan fingerprint density at radius 1 is 1.00 bits per heavy atom. The molecular formula is C30H32N6O. The highest BCUT2D eigenvalue weighted by atomic mass is 16.1. The van der Waals surface area contributed by atoms with Crippen molar-refractivity contribution >= 4 is 39.8 Å². The molecule has 1 saturated heterocycles. The van der Waals surface area contributed by atoms with Gasteiger partial charge in [-0.05, 0) is 61.0 Å². The molecule has 0 atom stereocenters. The topological polar surface area (TPSA) is 73.4 Å². The van der Waals surface area contributed by atoms with Crippen LogP contribution in [0.2, 0.25) is 0 Å². The van der Waals surface area contributed by atoms with Crippen LogP contribution in [-0.2, 0) is 4.79 Å². The van der Waals surface area contributed by atoms with E-state index in [1.807, 2.05) is 48.7 Å². The summed E-state index contributed by atoms with van der Waals surface area (Å²) in [6, 6.07) is 22.2. The largest absolute Gasteiger partial charge is 0.369 e. The van der Waals surface area contributed by atoms with Crippen molar-refractivity contribution < 1.29 is 4.79 Å². The van der Waals surface area contributed by atoms with Gasteiger partial charge in [-0.15, -0.1) is 0 Å². The number of nitrogens with zero attached hydrogens (tertiary/aromatic N) is 4. The first-order chi connectivity index (χ1) is 18.1. The lowest BCUT2D eigenvalue weighted by molar-refractivity contribution is -0.111. The van der Waals surface area contributed by atoms with Crippen molar-refractivity contribution in [3.05, 3.63) is 85.6 Å². The highest BCUT2D eigenvalue weighted by Crippen LogP contribution is 2.30. The van der Waals surface area contributed by atoms with E-state index < -0.39 is 0 Å². The maximum absolute atomic E-state index is 11.7. The molecule has 0 unspecified atom stereocenters. The molecule has 1 amide bonds. The highest BCUT2D eigenvalue weighted by molar-refractivity contribution is 6.00. The molecule has 1 fully saturated rings. The predicted octanol–water partition coefficient (Wildman–Crippen LogP) is 5.70. The second-order valence-electron chi connectivity index (χ2n) is 9.21. The van der Waals surface area contributed by atoms with Crippen molar-refractivity contribution in [2.75, 3.05) is 48.3 Å². The molecule has 188 valence electrons. The molecule has 7 heteroatoms. The molecule has 4 aromatic rings. The Morgan fingerprint density at radius 2 is 1.78 bits per heavy atom. The molecule has 2 heterocycles. The lowest BCUT2D eigenvalue weighted by Crippen LogP contribution is -2.46. The van der Waals surface area contributed by atoms with Gasteiger partial charge in [0.1, 0.15) is 0 Å². The van der Waals surface area contributed by atoms with Crippen LogP contribution in [0.1, 0.15) is 13.3 Å². The van der Waals surface area contributed by atoms with Crippen LogP contribution in [0.15, 0.2) is 85.6 Å². The van der Waals surface area contributed by atoms with Gasteiger partial charge in [0.05, 0.1) is 5.52 Å². The molecular weight excluding hydrogens is 460 g/mol. The fourth-order valence-corrected chi connectivity index (χ4v) is 4.74. The van der Waals surface area contributed by atoms with Crippen molar-refractivity contribution in [3.63, 3.8) is 0 Å². The van der Waals surface area contributed by atoms with Crippen LogP contribution in [-0.4, -0.2) is 53.5 Å². The van der Waals surface area contributed by atoms with Crippen molar-refractivity contribution in [1.82, 2.24) is 14.9 Å². The number of para-hydroxylation sites is 1. The van der Waals surface area contributed by atoms with Gasteiger partial charge in [-0.2, -0.15) is 0 Å². The number of aromatic nitrogens is 2. The summed E-state index contributed by atoms with van der Waals surface area (Å²) in [7, 11) is 0. The SMILES string of the molecule is C=CC(=O)Nc1cccc(-c2cccc3cnc(Nc4ccc(N5CCN(CCC)CC5)cc4)nc23)c1. The molecule has 0 bridgehead atoms. The Balaban J connectivity index is 1.34. The van der Waals surface area contributed by atoms with E-state index in [4.69, 9.17) is 4.98 Å². The lowest BCUT2D eigenvalue weighted by Gasteiger charge is -2.36. The van der Waals surface area contributed by atoms with Gasteiger partial charge in [-0.3, -0.25) is 9.69 Å². The summed E-state index contributed by atoms with van der Waals surface area (Å²) in [6.45, 7) is 11.3. The van der Waals surface area contributed by atoms with Crippen LogP contribution in [0.25, 0.3) is 22.0 Å². The second kappa shape index (κ2) is 11.2. The van der Waals surface area contributed by atoms with Gasteiger partial charge in [-0.1, -0.05) is 43.8 Å². The number of rotatable bonds is 8. The number of carbonyl (C=O) groups excluding carboxylic acids is 1. The number of hydrogen-bond acceptors (Lipinski definition) is 6. The fourth-order valence-electron chi connectivity index (χ4n) is 4.74. The van der Waals surface area contributed by atoms with E-state index in [0.717, 1.165) is 53.9 Å². The minimum Gasteiger partial charge on any atom is -0.369 e. The van der Waals surface area contributed by atoms with Crippen LogP contribution in [0.3, 0.4) is 0 Å². The maximum atomic E-state index is 11.7. The molecule has 3 aromatic carbocycles. The number of benzene rings is 3. The summed E-state index contributed by atoms with van der Waals surface area (Å²) < 4.78 is 0. The van der Waals surface area contributed by atoms with E-state index >= 15 is 0 Å². The van der Waals surface area contributed by atoms with Gasteiger partial charge >= 0.3 is 0 Å². The summed E-state index contributed by atoms with van der Waals surface area (Å²) in [6.07, 6.45) is 4.30. The summed E-state index contributed by atoms with van der Waals surface area (Å²) in [5, 5.41) is 7.12. The number of piperazine rings is 1. The number of anilines is 4. The zero-order valence-electron chi connectivity index (χ0n) is 21.2. The average molecular weight is 493 g/mol. The Morgan fingerprint density at radius 3 is 2.54 bits per heavy atom. The van der Waals surface area contributed by atoms with Crippen molar-refractivity contribution in [3.8, 4) is 11.1 Å². The van der Waals surface area contributed by atoms with E-state index in [0.29, 0.717) is 11.6 Å². The third-order valence-electron chi connectivity index (χ3n) is 6.64. The molecule has 7 nitrogen and oxygen atoms in total. The summed E-state index contributed by atoms with van der Waals surface area (Å²) in [5.41, 5.74) is 5.66. The van der Waals surface area contributed by atoms with Crippen molar-refractivity contribution in [2.45, 2.75) is 13.3 Å². The second-order valence-corrected chi connectivity index (χ2v) is 9.21. The Bertz CT molecular complexity index is 1390. The predicted molar refractivity (Wildman–Crippen MR) is 152 cm³/mol. The zero-order valence-corrected chi connectivity index (χ0v) is 21.2. The summed E-state index contributed by atoms with van der Waals surface area (Å²) >= 11 is 0. The molecule has 5 rings (SSSR count). The molecule has 2 N–H and O–H groups in total. The maximum Gasteiger partial charge on any atom is 0.247 e. The third-order valence-corrected chi connectivity index (χ3v) is 6.64. The third kappa shape index (κ3) is 5.78. The van der Waals surface area contributed by atoms with Gasteiger partial charge in [0, 0.05) is 60.4 Å². The molecule has 1 aromatic heterocycles. The van der Waals surface area contributed by atoms with E-state index in [9.17, 15) is 4.79 Å². The molecule has 0 radical (unpaired) electrons. The minimum absolute atomic E-state index is 0.242. The summed E-state index contributed by atoms with van der Waals surface area (Å²) in [5.74, 6) is 0.297. The highest BCUT2D eigenvalue weighted by Gasteiger charge is 2.16. The normalized spacial score (nSPS) is 13.9. The van der Waals surface area contributed by atoms with Crippen LogP contribution < -0.4 is 15.5 Å². The van der Waals surface area contributed by atoms with E-state index in [1.165, 1.54) is 24.7 Å². The van der Waals surface area contributed by atoms with Crippen molar-refractivity contribution in [2.24, 2.45) is 0 Å². The number of hydrogen-bond donors (Lipinski definition) is 2. The van der Waals surface area contributed by atoms with Crippen LogP contribution >= 0.6 is 0 Å². The monoisotopic (exact) mass is 492 g/mol. The van der Waals surface area contributed by atoms with Gasteiger partial charge in [0.25, 0.3) is 0 Å². The minimum atomic E-state index is -0.242. The van der Waals surface area contributed by atoms with Crippen LogP contribution in [0, 0.1) is 0 Å². The molecule has 1 aliphatic rings. The number of nitrogens with one attached hydrogen (secondary N) is 2. The quantitative estimate of drug-likeness (QED) is 0.308. The number of fused-ring (bicyclic) bond motifs is 1. The van der Waals surface area contributed by atoms with Gasteiger partial charge < -0.3 is 15.5 Å². The number of amides is 1. The Hall–Kier alpha value is -4.23. The lowest BCUT2D eigenvalue weighted by atomic mass is 10.0. The van der Waals surface area contributed by atoms with Gasteiger partial charge in [0.15, 0.2) is 0 Å². The van der Waals surface area contributed by atoms with Crippen LogP contribution in [0.5, 0.6) is 0 Å². The van der Waals surface area contributed by atoms with Gasteiger partial charge in [0.2, 0.25) is 11.9 Å². The van der Waals surface area contributed by atoms with Crippen LogP contribution in [0.4, 0.5) is 23.0 Å². The molecule has 37 heavy (non-hydrogen) atoms. The Kier molecular flexibility index (Phi) is 7.42. The molecule has 0 saturated carbocycles. The first kappa shape index (κ1) is 24.5. The van der Waals surface area contributed by atoms with Crippen molar-refractivity contribution in [1.29, 1.82) is 0 Å². The summed E-state index contributed by atoms with van der Waals surface area (Å²) in [4.78, 5) is 26.1. The standard InChI is InChI=1S/C30H32N6O/c1-3-15-35-16-18-36(19-17-35)26-13-11-24(12-14-26)33-30-31-21-23-8-6-10-27(29(23)34-30)22-7-5-9-25(20-22)32-28(37)4-2/h4-14,20-21H,2-3,15-19H2,1H3,(H,32,37)(H,31,33,34). The van der Waals surface area contributed by atoms with Gasteiger partial charge in [-0.25, -0.2) is 9.97 Å².